The summed E-state index contributed by atoms with van der Waals surface area (Å²) in [6.45, 7) is 3.30. The zero-order valence-corrected chi connectivity index (χ0v) is 14.9. The summed E-state index contributed by atoms with van der Waals surface area (Å²) in [4.78, 5) is 14.0. The van der Waals surface area contributed by atoms with Gasteiger partial charge in [0.1, 0.15) is 12.1 Å². The van der Waals surface area contributed by atoms with Gasteiger partial charge in [-0.15, -0.1) is 0 Å². The summed E-state index contributed by atoms with van der Waals surface area (Å²) < 4.78 is 5.47. The van der Waals surface area contributed by atoms with Gasteiger partial charge in [0.05, 0.1) is 24.9 Å². The number of hydrogen-bond donors (Lipinski definition) is 1. The quantitative estimate of drug-likeness (QED) is 0.912. The minimum absolute atomic E-state index is 0.247. The lowest BCUT2D eigenvalue weighted by Crippen LogP contribution is -2.47. The molecule has 2 aromatic rings. The van der Waals surface area contributed by atoms with Crippen molar-refractivity contribution in [1.29, 1.82) is 0 Å². The number of para-hydroxylation sites is 1. The van der Waals surface area contributed by atoms with Crippen LogP contribution < -0.4 is 15.5 Å². The molecule has 1 saturated carbocycles. The van der Waals surface area contributed by atoms with E-state index in [9.17, 15) is 0 Å². The van der Waals surface area contributed by atoms with E-state index in [2.05, 4.69) is 56.2 Å². The lowest BCUT2D eigenvalue weighted by Gasteiger charge is -2.40. The van der Waals surface area contributed by atoms with Crippen molar-refractivity contribution in [2.24, 2.45) is 11.7 Å². The van der Waals surface area contributed by atoms with Crippen molar-refractivity contribution < 1.29 is 4.74 Å². The number of fused-ring (bicyclic) bond motifs is 2. The fraction of sp³-hybridized carbons (Fsp3) is 0.500. The van der Waals surface area contributed by atoms with Gasteiger partial charge in [0.15, 0.2) is 0 Å². The number of nitrogens with zero attached hydrogens (tertiary/aromatic N) is 4. The van der Waals surface area contributed by atoms with Gasteiger partial charge in [0.2, 0.25) is 0 Å². The summed E-state index contributed by atoms with van der Waals surface area (Å²) in [5, 5.41) is 0. The van der Waals surface area contributed by atoms with E-state index < -0.39 is 0 Å². The highest BCUT2D eigenvalue weighted by Crippen LogP contribution is 2.51. The van der Waals surface area contributed by atoms with Crippen molar-refractivity contribution >= 4 is 11.5 Å². The van der Waals surface area contributed by atoms with E-state index in [1.54, 1.807) is 6.33 Å². The Hall–Kier alpha value is -2.18. The number of morpholine rings is 1. The average Bonchev–Trinajstić information content (AvgIpc) is 3.26. The fourth-order valence-corrected chi connectivity index (χ4v) is 4.92. The van der Waals surface area contributed by atoms with Crippen molar-refractivity contribution in [2.45, 2.75) is 31.0 Å². The molecule has 0 spiro atoms. The summed E-state index contributed by atoms with van der Waals surface area (Å²) in [6, 6.07) is 13.7. The van der Waals surface area contributed by atoms with Gasteiger partial charge in [0.25, 0.3) is 0 Å². The number of ether oxygens (including phenoxy) is 1. The second kappa shape index (κ2) is 6.52. The van der Waals surface area contributed by atoms with E-state index in [4.69, 9.17) is 10.5 Å². The second-order valence-corrected chi connectivity index (χ2v) is 7.55. The summed E-state index contributed by atoms with van der Waals surface area (Å²) in [5.41, 5.74) is 8.80. The molecule has 0 amide bonds. The highest BCUT2D eigenvalue weighted by atomic mass is 16.5. The molecule has 3 fully saturated rings. The molecule has 1 aliphatic carbocycles. The van der Waals surface area contributed by atoms with E-state index >= 15 is 0 Å². The molecule has 136 valence electrons. The number of aromatic nitrogens is 2. The van der Waals surface area contributed by atoms with Gasteiger partial charge in [-0.2, -0.15) is 0 Å². The number of anilines is 2. The molecule has 4 atom stereocenters. The first-order valence-electron chi connectivity index (χ1n) is 9.55. The predicted molar refractivity (Wildman–Crippen MR) is 101 cm³/mol. The van der Waals surface area contributed by atoms with Crippen LogP contribution in [-0.4, -0.2) is 48.4 Å². The molecule has 2 bridgehead atoms. The van der Waals surface area contributed by atoms with Gasteiger partial charge >= 0.3 is 0 Å². The van der Waals surface area contributed by atoms with Crippen LogP contribution in [0.2, 0.25) is 0 Å². The smallest absolute Gasteiger partial charge is 0.132 e. The summed E-state index contributed by atoms with van der Waals surface area (Å²) >= 11 is 0. The van der Waals surface area contributed by atoms with Crippen LogP contribution >= 0.6 is 0 Å². The molecular formula is C20H25N5O. The second-order valence-electron chi connectivity index (χ2n) is 7.55. The molecule has 3 aliphatic rings. The van der Waals surface area contributed by atoms with Gasteiger partial charge in [-0.25, -0.2) is 9.97 Å². The summed E-state index contributed by atoms with van der Waals surface area (Å²) in [5.74, 6) is 1.57. The lowest BCUT2D eigenvalue weighted by atomic mass is 9.93. The van der Waals surface area contributed by atoms with E-state index in [1.807, 2.05) is 0 Å². The Balaban J connectivity index is 1.50. The fourth-order valence-electron chi connectivity index (χ4n) is 4.92. The highest BCUT2D eigenvalue weighted by molar-refractivity contribution is 5.54. The predicted octanol–water partition coefficient (Wildman–Crippen LogP) is 1.98. The summed E-state index contributed by atoms with van der Waals surface area (Å²) in [6.07, 6.45) is 3.95. The lowest BCUT2D eigenvalue weighted by molar-refractivity contribution is 0.122. The molecule has 3 heterocycles. The maximum atomic E-state index is 6.44. The van der Waals surface area contributed by atoms with Crippen molar-refractivity contribution in [3.05, 3.63) is 48.4 Å². The van der Waals surface area contributed by atoms with E-state index in [-0.39, 0.29) is 12.1 Å². The van der Waals surface area contributed by atoms with Gasteiger partial charge in [-0.1, -0.05) is 18.2 Å². The minimum Gasteiger partial charge on any atom is -0.378 e. The van der Waals surface area contributed by atoms with E-state index in [1.165, 1.54) is 5.69 Å². The molecule has 1 aromatic carbocycles. The third-order valence-corrected chi connectivity index (χ3v) is 6.08. The normalized spacial score (nSPS) is 30.8. The molecule has 5 rings (SSSR count). The van der Waals surface area contributed by atoms with Crippen molar-refractivity contribution in [2.75, 3.05) is 36.1 Å². The van der Waals surface area contributed by atoms with Gasteiger partial charge < -0.3 is 20.3 Å². The molecular weight excluding hydrogens is 326 g/mol. The topological polar surface area (TPSA) is 67.5 Å². The Kier molecular flexibility index (Phi) is 4.02. The van der Waals surface area contributed by atoms with E-state index in [0.717, 1.165) is 50.7 Å². The van der Waals surface area contributed by atoms with Crippen LogP contribution in [0.1, 0.15) is 24.6 Å². The first kappa shape index (κ1) is 16.0. The first-order valence-corrected chi connectivity index (χ1v) is 9.55. The van der Waals surface area contributed by atoms with Gasteiger partial charge in [-0.05, 0) is 30.9 Å². The molecule has 6 nitrogen and oxygen atoms in total. The third-order valence-electron chi connectivity index (χ3n) is 6.08. The van der Waals surface area contributed by atoms with Crippen LogP contribution in [0, 0.1) is 5.92 Å². The van der Waals surface area contributed by atoms with Crippen LogP contribution in [0.5, 0.6) is 0 Å². The van der Waals surface area contributed by atoms with Crippen LogP contribution in [0.15, 0.2) is 42.7 Å². The maximum absolute atomic E-state index is 6.44. The van der Waals surface area contributed by atoms with Crippen molar-refractivity contribution in [1.82, 2.24) is 9.97 Å². The average molecular weight is 351 g/mol. The maximum Gasteiger partial charge on any atom is 0.132 e. The number of benzene rings is 1. The Morgan fingerprint density at radius 1 is 1.04 bits per heavy atom. The Bertz CT molecular complexity index is 764. The zero-order valence-electron chi connectivity index (χ0n) is 14.9. The van der Waals surface area contributed by atoms with Crippen LogP contribution in [0.25, 0.3) is 0 Å². The largest absolute Gasteiger partial charge is 0.378 e. The Labute approximate surface area is 154 Å². The van der Waals surface area contributed by atoms with Crippen LogP contribution in [-0.2, 0) is 4.74 Å². The monoisotopic (exact) mass is 351 g/mol. The molecule has 2 aliphatic heterocycles. The molecule has 2 N–H and O–H groups in total. The SMILES string of the molecule is NC1CC2CC1N(c1ccccc1)C2c1cc(N2CCOCC2)ncn1. The minimum atomic E-state index is 0.247. The van der Waals surface area contributed by atoms with Crippen molar-refractivity contribution in [3.8, 4) is 0 Å². The molecule has 0 radical (unpaired) electrons. The molecule has 6 heteroatoms. The standard InChI is InChI=1S/C20H25N5O/c21-16-10-14-11-18(16)25(15-4-2-1-3-5-15)20(14)17-12-19(23-13-22-17)24-6-8-26-9-7-24/h1-5,12-14,16,18,20H,6-11,21H2. The number of hydrogen-bond acceptors (Lipinski definition) is 6. The van der Waals surface area contributed by atoms with Gasteiger partial charge in [0, 0.05) is 36.9 Å². The number of rotatable bonds is 3. The Morgan fingerprint density at radius 2 is 1.85 bits per heavy atom. The third kappa shape index (κ3) is 2.64. The van der Waals surface area contributed by atoms with Gasteiger partial charge in [-0.3, -0.25) is 0 Å². The first-order chi connectivity index (χ1) is 12.8. The van der Waals surface area contributed by atoms with E-state index in [0.29, 0.717) is 12.0 Å². The summed E-state index contributed by atoms with van der Waals surface area (Å²) in [7, 11) is 0. The zero-order chi connectivity index (χ0) is 17.5. The Morgan fingerprint density at radius 3 is 2.65 bits per heavy atom. The molecule has 4 unspecified atom stereocenters. The number of nitrogens with two attached hydrogens (primary N) is 1. The van der Waals surface area contributed by atoms with Crippen LogP contribution in [0.4, 0.5) is 11.5 Å². The number of piperidine rings is 1. The van der Waals surface area contributed by atoms with Crippen molar-refractivity contribution in [3.63, 3.8) is 0 Å². The molecule has 26 heavy (non-hydrogen) atoms. The molecule has 1 aromatic heterocycles. The highest BCUT2D eigenvalue weighted by Gasteiger charge is 2.51. The van der Waals surface area contributed by atoms with Crippen LogP contribution in [0.3, 0.4) is 0 Å². The molecule has 2 saturated heterocycles.